The number of hydrogen-bond donors (Lipinski definition) is 1. The number of benzene rings is 3. The van der Waals surface area contributed by atoms with Crippen LogP contribution >= 0.6 is 0 Å². The first-order chi connectivity index (χ1) is 14.1. The van der Waals surface area contributed by atoms with Crippen molar-refractivity contribution in [2.75, 3.05) is 11.9 Å². The molecule has 0 radical (unpaired) electrons. The summed E-state index contributed by atoms with van der Waals surface area (Å²) in [6.45, 7) is 4.23. The van der Waals surface area contributed by atoms with E-state index < -0.39 is 6.10 Å². The number of anilines is 1. The van der Waals surface area contributed by atoms with Crippen LogP contribution in [0.1, 0.15) is 19.4 Å². The molecule has 5 nitrogen and oxygen atoms in total. The minimum Gasteiger partial charge on any atom is -0.494 e. The van der Waals surface area contributed by atoms with Crippen molar-refractivity contribution in [1.82, 2.24) is 0 Å². The predicted molar refractivity (Wildman–Crippen MR) is 113 cm³/mol. The van der Waals surface area contributed by atoms with Crippen molar-refractivity contribution >= 4 is 11.6 Å². The average Bonchev–Trinajstić information content (AvgIpc) is 2.76. The van der Waals surface area contributed by atoms with Gasteiger partial charge in [0, 0.05) is 5.69 Å². The molecule has 3 aromatic rings. The largest absolute Gasteiger partial charge is 0.494 e. The molecule has 0 heterocycles. The zero-order valence-electron chi connectivity index (χ0n) is 16.4. The molecule has 1 unspecified atom stereocenters. The van der Waals surface area contributed by atoms with Crippen LogP contribution in [0.4, 0.5) is 5.69 Å². The maximum atomic E-state index is 12.4. The van der Waals surface area contributed by atoms with Crippen LogP contribution in [0.3, 0.4) is 0 Å². The van der Waals surface area contributed by atoms with Gasteiger partial charge in [0.15, 0.2) is 6.10 Å². The summed E-state index contributed by atoms with van der Waals surface area (Å²) >= 11 is 0. The lowest BCUT2D eigenvalue weighted by Gasteiger charge is -2.15. The number of nitriles is 1. The molecule has 0 bridgehead atoms. The van der Waals surface area contributed by atoms with Gasteiger partial charge in [-0.25, -0.2) is 0 Å². The lowest BCUT2D eigenvalue weighted by atomic mass is 10.0. The smallest absolute Gasteiger partial charge is 0.265 e. The maximum absolute atomic E-state index is 12.4. The van der Waals surface area contributed by atoms with E-state index in [1.807, 2.05) is 55.5 Å². The third-order valence-electron chi connectivity index (χ3n) is 4.32. The lowest BCUT2D eigenvalue weighted by Crippen LogP contribution is -2.30. The van der Waals surface area contributed by atoms with E-state index >= 15 is 0 Å². The molecule has 0 aliphatic heterocycles. The van der Waals surface area contributed by atoms with E-state index in [1.54, 1.807) is 31.2 Å². The molecule has 1 amide bonds. The molecule has 146 valence electrons. The third kappa shape index (κ3) is 5.36. The zero-order chi connectivity index (χ0) is 20.6. The highest BCUT2D eigenvalue weighted by molar-refractivity contribution is 5.94. The fourth-order valence-corrected chi connectivity index (χ4v) is 2.77. The quantitative estimate of drug-likeness (QED) is 0.618. The SMILES string of the molecule is CCOc1ccc(NC(=O)C(C)Oc2ccc(-c3ccc(C#N)cc3)cc2)cc1. The van der Waals surface area contributed by atoms with Crippen molar-refractivity contribution in [1.29, 1.82) is 5.26 Å². The molecule has 1 N–H and O–H groups in total. The Morgan fingerprint density at radius 3 is 2.03 bits per heavy atom. The zero-order valence-corrected chi connectivity index (χ0v) is 16.4. The van der Waals surface area contributed by atoms with E-state index in [2.05, 4.69) is 11.4 Å². The molecular formula is C24H22N2O3. The van der Waals surface area contributed by atoms with Crippen LogP contribution in [0, 0.1) is 11.3 Å². The molecule has 0 aliphatic carbocycles. The standard InChI is InChI=1S/C24H22N2O3/c1-3-28-22-14-10-21(11-15-22)26-24(27)17(2)29-23-12-8-20(9-13-23)19-6-4-18(16-25)5-7-19/h4-15,17H,3H2,1-2H3,(H,26,27). The van der Waals surface area contributed by atoms with E-state index in [9.17, 15) is 4.79 Å². The normalized spacial score (nSPS) is 11.2. The summed E-state index contributed by atoms with van der Waals surface area (Å²) in [5.41, 5.74) is 3.33. The van der Waals surface area contributed by atoms with Crippen LogP contribution < -0.4 is 14.8 Å². The second-order valence-corrected chi connectivity index (χ2v) is 6.42. The van der Waals surface area contributed by atoms with Gasteiger partial charge in [-0.1, -0.05) is 24.3 Å². The number of rotatable bonds is 7. The second-order valence-electron chi connectivity index (χ2n) is 6.42. The van der Waals surface area contributed by atoms with Crippen LogP contribution in [0.2, 0.25) is 0 Å². The number of nitrogens with zero attached hydrogens (tertiary/aromatic N) is 1. The number of ether oxygens (including phenoxy) is 2. The monoisotopic (exact) mass is 386 g/mol. The van der Waals surface area contributed by atoms with Gasteiger partial charge in [-0.2, -0.15) is 5.26 Å². The van der Waals surface area contributed by atoms with Gasteiger partial charge in [-0.15, -0.1) is 0 Å². The van der Waals surface area contributed by atoms with Gasteiger partial charge in [0.1, 0.15) is 11.5 Å². The summed E-state index contributed by atoms with van der Waals surface area (Å²) in [7, 11) is 0. The first kappa shape index (κ1) is 20.0. The summed E-state index contributed by atoms with van der Waals surface area (Å²) in [6.07, 6.45) is -0.651. The third-order valence-corrected chi connectivity index (χ3v) is 4.32. The maximum Gasteiger partial charge on any atom is 0.265 e. The Hall–Kier alpha value is -3.78. The van der Waals surface area contributed by atoms with Gasteiger partial charge in [0.25, 0.3) is 5.91 Å². The topological polar surface area (TPSA) is 71.3 Å². The van der Waals surface area contributed by atoms with Gasteiger partial charge < -0.3 is 14.8 Å². The van der Waals surface area contributed by atoms with Gasteiger partial charge in [0.2, 0.25) is 0 Å². The fraction of sp³-hybridized carbons (Fsp3) is 0.167. The summed E-state index contributed by atoms with van der Waals surface area (Å²) in [4.78, 5) is 12.4. The molecule has 0 saturated heterocycles. The van der Waals surface area contributed by atoms with E-state index in [0.29, 0.717) is 23.6 Å². The van der Waals surface area contributed by atoms with Crippen molar-refractivity contribution in [3.8, 4) is 28.7 Å². The highest BCUT2D eigenvalue weighted by Crippen LogP contribution is 2.23. The highest BCUT2D eigenvalue weighted by atomic mass is 16.5. The fourth-order valence-electron chi connectivity index (χ4n) is 2.77. The molecule has 0 aliphatic rings. The van der Waals surface area contributed by atoms with Crippen LogP contribution in [0.5, 0.6) is 11.5 Å². The van der Waals surface area contributed by atoms with E-state index in [0.717, 1.165) is 16.9 Å². The number of nitrogens with one attached hydrogen (secondary N) is 1. The van der Waals surface area contributed by atoms with E-state index in [4.69, 9.17) is 14.7 Å². The van der Waals surface area contributed by atoms with Crippen molar-refractivity contribution in [3.63, 3.8) is 0 Å². The van der Waals surface area contributed by atoms with E-state index in [-0.39, 0.29) is 5.91 Å². The first-order valence-corrected chi connectivity index (χ1v) is 9.40. The molecule has 5 heteroatoms. The van der Waals surface area contributed by atoms with Gasteiger partial charge >= 0.3 is 0 Å². The van der Waals surface area contributed by atoms with E-state index in [1.165, 1.54) is 0 Å². The molecule has 0 fully saturated rings. The lowest BCUT2D eigenvalue weighted by molar-refractivity contribution is -0.122. The molecule has 0 aromatic heterocycles. The molecule has 3 aromatic carbocycles. The molecule has 3 rings (SSSR count). The Kier molecular flexibility index (Phi) is 6.49. The van der Waals surface area contributed by atoms with Gasteiger partial charge in [-0.3, -0.25) is 4.79 Å². The Balaban J connectivity index is 1.58. The van der Waals surface area contributed by atoms with Crippen molar-refractivity contribution in [2.45, 2.75) is 20.0 Å². The molecule has 0 saturated carbocycles. The summed E-state index contributed by atoms with van der Waals surface area (Å²) in [5.74, 6) is 1.14. The number of amides is 1. The Labute approximate surface area is 170 Å². The van der Waals surface area contributed by atoms with Crippen LogP contribution in [0.25, 0.3) is 11.1 Å². The number of carbonyl (C=O) groups excluding carboxylic acids is 1. The van der Waals surface area contributed by atoms with Gasteiger partial charge in [0.05, 0.1) is 18.2 Å². The van der Waals surface area contributed by atoms with Crippen molar-refractivity contribution in [2.24, 2.45) is 0 Å². The van der Waals surface area contributed by atoms with Gasteiger partial charge in [-0.05, 0) is 73.5 Å². The van der Waals surface area contributed by atoms with Crippen LogP contribution in [0.15, 0.2) is 72.8 Å². The highest BCUT2D eigenvalue weighted by Gasteiger charge is 2.15. The number of hydrogen-bond acceptors (Lipinski definition) is 4. The van der Waals surface area contributed by atoms with Crippen molar-refractivity contribution < 1.29 is 14.3 Å². The van der Waals surface area contributed by atoms with Crippen LogP contribution in [-0.4, -0.2) is 18.6 Å². The Morgan fingerprint density at radius 1 is 0.931 bits per heavy atom. The molecule has 1 atom stereocenters. The summed E-state index contributed by atoms with van der Waals surface area (Å²) in [5, 5.41) is 11.7. The minimum absolute atomic E-state index is 0.231. The first-order valence-electron chi connectivity index (χ1n) is 9.40. The number of carbonyl (C=O) groups is 1. The summed E-state index contributed by atoms with van der Waals surface area (Å²) < 4.78 is 11.2. The summed E-state index contributed by atoms with van der Waals surface area (Å²) in [6, 6.07) is 24.2. The Morgan fingerprint density at radius 2 is 1.48 bits per heavy atom. The Bertz CT molecular complexity index is 988. The molecular weight excluding hydrogens is 364 g/mol. The average molecular weight is 386 g/mol. The predicted octanol–water partition coefficient (Wildman–Crippen LogP) is 5.03. The molecule has 0 spiro atoms. The minimum atomic E-state index is -0.651. The molecule has 29 heavy (non-hydrogen) atoms. The second kappa shape index (κ2) is 9.43. The van der Waals surface area contributed by atoms with Crippen LogP contribution in [-0.2, 0) is 4.79 Å². The van der Waals surface area contributed by atoms with Crippen molar-refractivity contribution in [3.05, 3.63) is 78.4 Å².